The Bertz CT molecular complexity index is 124. The summed E-state index contributed by atoms with van der Waals surface area (Å²) < 4.78 is 0. The largest absolute Gasteiger partial charge is 0.0879 e. The molecular formula is C9H12. The molecule has 2 radical (unpaired) electrons. The maximum Gasteiger partial charge on any atom is -0.0130 e. The van der Waals surface area contributed by atoms with Crippen molar-refractivity contribution in [3.63, 3.8) is 0 Å². The lowest BCUT2D eigenvalue weighted by Gasteiger charge is -2.23. The van der Waals surface area contributed by atoms with Crippen molar-refractivity contribution in [2.24, 2.45) is 11.8 Å². The Kier molecular flexibility index (Phi) is 1.33. The van der Waals surface area contributed by atoms with Crippen LogP contribution >= 0.6 is 0 Å². The van der Waals surface area contributed by atoms with Crippen LogP contribution in [0.15, 0.2) is 12.2 Å². The van der Waals surface area contributed by atoms with E-state index in [0.29, 0.717) is 0 Å². The Balaban J connectivity index is 2.03. The summed E-state index contributed by atoms with van der Waals surface area (Å²) in [5.74, 6) is 1.68. The molecule has 48 valence electrons. The van der Waals surface area contributed by atoms with Crippen molar-refractivity contribution in [1.29, 1.82) is 0 Å². The molecule has 9 heavy (non-hydrogen) atoms. The predicted molar refractivity (Wildman–Crippen MR) is 37.8 cm³/mol. The van der Waals surface area contributed by atoms with Crippen molar-refractivity contribution in [2.75, 3.05) is 0 Å². The number of hydrogen-bond acceptors (Lipinski definition) is 0. The van der Waals surface area contributed by atoms with Crippen LogP contribution in [0.1, 0.15) is 25.7 Å². The van der Waals surface area contributed by atoms with Crippen molar-refractivity contribution < 1.29 is 0 Å². The van der Waals surface area contributed by atoms with Gasteiger partial charge in [0.1, 0.15) is 0 Å². The summed E-state index contributed by atoms with van der Waals surface area (Å²) in [6.45, 7) is 0. The van der Waals surface area contributed by atoms with Crippen LogP contribution in [-0.2, 0) is 0 Å². The molecule has 0 aromatic rings. The second-order valence-electron chi connectivity index (χ2n) is 3.03. The van der Waals surface area contributed by atoms with Gasteiger partial charge < -0.3 is 0 Å². The molecule has 0 amide bonds. The Morgan fingerprint density at radius 3 is 3.33 bits per heavy atom. The van der Waals surface area contributed by atoms with Crippen LogP contribution in [0.2, 0.25) is 0 Å². The molecule has 0 N–H and O–H groups in total. The fourth-order valence-electron chi connectivity index (χ4n) is 1.87. The number of hydrogen-bond donors (Lipinski definition) is 0. The lowest BCUT2D eigenvalue weighted by Crippen LogP contribution is -2.13. The summed E-state index contributed by atoms with van der Waals surface area (Å²) in [4.78, 5) is 0. The molecule has 0 aromatic carbocycles. The first kappa shape index (κ1) is 5.52. The third-order valence-corrected chi connectivity index (χ3v) is 2.41. The van der Waals surface area contributed by atoms with Gasteiger partial charge in [-0.3, -0.25) is 0 Å². The van der Waals surface area contributed by atoms with Crippen LogP contribution in [0.4, 0.5) is 0 Å². The summed E-state index contributed by atoms with van der Waals surface area (Å²) in [7, 11) is 0. The summed E-state index contributed by atoms with van der Waals surface area (Å²) in [6, 6.07) is 0. The average Bonchev–Trinajstić information content (AvgIpc) is 2.33. The van der Waals surface area contributed by atoms with Crippen molar-refractivity contribution in [3.8, 4) is 0 Å². The molecule has 2 rings (SSSR count). The minimum Gasteiger partial charge on any atom is -0.0879 e. The van der Waals surface area contributed by atoms with E-state index in [9.17, 15) is 0 Å². The lowest BCUT2D eigenvalue weighted by molar-refractivity contribution is 0.379. The molecule has 2 aliphatic carbocycles. The van der Waals surface area contributed by atoms with Gasteiger partial charge in [-0.1, -0.05) is 18.6 Å². The molecule has 1 saturated carbocycles. The highest BCUT2D eigenvalue weighted by molar-refractivity contribution is 5.07. The fraction of sp³-hybridized carbons (Fsp3) is 0.667. The predicted octanol–water partition coefficient (Wildman–Crippen LogP) is 2.44. The first-order chi connectivity index (χ1) is 4.47. The smallest absolute Gasteiger partial charge is 0.0130 e. The molecule has 0 aromatic heterocycles. The molecule has 0 saturated heterocycles. The highest BCUT2D eigenvalue weighted by atomic mass is 14.3. The molecule has 2 unspecified atom stereocenters. The molecule has 0 bridgehead atoms. The first-order valence-electron chi connectivity index (χ1n) is 3.87. The van der Waals surface area contributed by atoms with Crippen LogP contribution in [0, 0.1) is 18.3 Å². The molecular weight excluding hydrogens is 108 g/mol. The van der Waals surface area contributed by atoms with E-state index in [2.05, 4.69) is 18.6 Å². The van der Waals surface area contributed by atoms with Crippen molar-refractivity contribution in [1.82, 2.24) is 0 Å². The molecule has 1 fully saturated rings. The van der Waals surface area contributed by atoms with E-state index >= 15 is 0 Å². The molecule has 0 spiro atoms. The van der Waals surface area contributed by atoms with E-state index in [1.165, 1.54) is 25.7 Å². The van der Waals surface area contributed by atoms with Crippen LogP contribution in [0.25, 0.3) is 0 Å². The van der Waals surface area contributed by atoms with E-state index in [1.807, 2.05) is 0 Å². The van der Waals surface area contributed by atoms with E-state index < -0.39 is 0 Å². The van der Waals surface area contributed by atoms with Crippen molar-refractivity contribution >= 4 is 0 Å². The maximum absolute atomic E-state index is 3.52. The number of fused-ring (bicyclic) bond motifs is 1. The summed E-state index contributed by atoms with van der Waals surface area (Å²) in [5, 5.41) is 0. The Morgan fingerprint density at radius 1 is 1.44 bits per heavy atom. The summed E-state index contributed by atoms with van der Waals surface area (Å²) in [5.41, 5.74) is 0. The van der Waals surface area contributed by atoms with Crippen molar-refractivity contribution in [3.05, 3.63) is 18.6 Å². The molecule has 2 atom stereocenters. The van der Waals surface area contributed by atoms with Gasteiger partial charge in [0.25, 0.3) is 0 Å². The van der Waals surface area contributed by atoms with E-state index in [-0.39, 0.29) is 0 Å². The van der Waals surface area contributed by atoms with Gasteiger partial charge in [-0.05, 0) is 37.5 Å². The Morgan fingerprint density at radius 2 is 2.44 bits per heavy atom. The summed E-state index contributed by atoms with van der Waals surface area (Å²) in [6.07, 6.45) is 13.5. The molecule has 2 aliphatic rings. The second kappa shape index (κ2) is 2.17. The molecule has 0 heterocycles. The summed E-state index contributed by atoms with van der Waals surface area (Å²) >= 11 is 0. The van der Waals surface area contributed by atoms with Crippen LogP contribution < -0.4 is 0 Å². The van der Waals surface area contributed by atoms with Crippen LogP contribution in [-0.4, -0.2) is 0 Å². The van der Waals surface area contributed by atoms with E-state index in [4.69, 9.17) is 0 Å². The van der Waals surface area contributed by atoms with E-state index in [1.54, 1.807) is 0 Å². The minimum absolute atomic E-state index is 0.804. The highest BCUT2D eigenvalue weighted by Gasteiger charge is 2.25. The topological polar surface area (TPSA) is 0 Å². The van der Waals surface area contributed by atoms with Gasteiger partial charge in [0, 0.05) is 0 Å². The quantitative estimate of drug-likeness (QED) is 0.431. The normalized spacial score (nSPS) is 40.9. The van der Waals surface area contributed by atoms with Crippen molar-refractivity contribution in [2.45, 2.75) is 25.7 Å². The SMILES string of the molecule is [C]1CCCC2C=CCC12. The lowest BCUT2D eigenvalue weighted by atomic mass is 9.82. The van der Waals surface area contributed by atoms with Gasteiger partial charge in [-0.25, -0.2) is 0 Å². The van der Waals surface area contributed by atoms with Gasteiger partial charge in [-0.15, -0.1) is 0 Å². The van der Waals surface area contributed by atoms with Crippen LogP contribution in [0.5, 0.6) is 0 Å². The molecule has 0 aliphatic heterocycles. The average molecular weight is 120 g/mol. The fourth-order valence-corrected chi connectivity index (χ4v) is 1.87. The van der Waals surface area contributed by atoms with E-state index in [0.717, 1.165) is 11.8 Å². The van der Waals surface area contributed by atoms with Crippen LogP contribution in [0.3, 0.4) is 0 Å². The third-order valence-electron chi connectivity index (χ3n) is 2.41. The zero-order valence-corrected chi connectivity index (χ0v) is 5.64. The van der Waals surface area contributed by atoms with Gasteiger partial charge in [-0.2, -0.15) is 0 Å². The van der Waals surface area contributed by atoms with Gasteiger partial charge >= 0.3 is 0 Å². The second-order valence-corrected chi connectivity index (χ2v) is 3.03. The Labute approximate surface area is 57.0 Å². The zero-order valence-electron chi connectivity index (χ0n) is 5.64. The Hall–Kier alpha value is -0.260. The molecule has 0 nitrogen and oxygen atoms in total. The number of rotatable bonds is 0. The first-order valence-corrected chi connectivity index (χ1v) is 3.87. The van der Waals surface area contributed by atoms with Gasteiger partial charge in [0.15, 0.2) is 0 Å². The van der Waals surface area contributed by atoms with Gasteiger partial charge in [0.05, 0.1) is 0 Å². The zero-order chi connectivity index (χ0) is 6.10. The molecule has 0 heteroatoms. The monoisotopic (exact) mass is 120 g/mol. The maximum atomic E-state index is 3.52. The highest BCUT2D eigenvalue weighted by Crippen LogP contribution is 2.36. The standard InChI is InChI=1S/C9H12/c1-2-5-9-7-3-6-8(9)4-1/h3,6,8-9H,1-2,4,7H2. The van der Waals surface area contributed by atoms with Gasteiger partial charge in [0.2, 0.25) is 0 Å². The minimum atomic E-state index is 0.804. The third kappa shape index (κ3) is 0.910. The number of allylic oxidation sites excluding steroid dienone is 2.